The number of aliphatic hydroxyl groups is 1. The van der Waals surface area contributed by atoms with Crippen molar-refractivity contribution in [2.75, 3.05) is 13.2 Å². The highest BCUT2D eigenvalue weighted by Crippen LogP contribution is 2.47. The van der Waals surface area contributed by atoms with Gasteiger partial charge in [-0.1, -0.05) is 0 Å². The number of aromatic nitrogens is 2. The zero-order chi connectivity index (χ0) is 13.7. The lowest BCUT2D eigenvalue weighted by atomic mass is 9.82. The second kappa shape index (κ2) is 4.13. The SMILES string of the molecule is Cc1cnc(O[C@@H]2CO[C@]3(C)[C@H](O)CO[C@]23C)nc1. The first-order chi connectivity index (χ1) is 8.96. The van der Waals surface area contributed by atoms with Gasteiger partial charge in [0.2, 0.25) is 0 Å². The van der Waals surface area contributed by atoms with E-state index in [0.717, 1.165) is 5.56 Å². The van der Waals surface area contributed by atoms with Crippen molar-refractivity contribution in [2.45, 2.75) is 44.2 Å². The van der Waals surface area contributed by atoms with Crippen molar-refractivity contribution in [2.24, 2.45) is 0 Å². The molecular formula is C13H18N2O4. The molecular weight excluding hydrogens is 248 g/mol. The van der Waals surface area contributed by atoms with E-state index in [2.05, 4.69) is 9.97 Å². The summed E-state index contributed by atoms with van der Waals surface area (Å²) in [5, 5.41) is 10.0. The summed E-state index contributed by atoms with van der Waals surface area (Å²) >= 11 is 0. The number of aryl methyl sites for hydroxylation is 1. The third kappa shape index (κ3) is 1.74. The van der Waals surface area contributed by atoms with E-state index in [1.165, 1.54) is 0 Å². The summed E-state index contributed by atoms with van der Waals surface area (Å²) in [5.41, 5.74) is -0.471. The average Bonchev–Trinajstić information content (AvgIpc) is 2.77. The maximum atomic E-state index is 10.0. The average molecular weight is 266 g/mol. The van der Waals surface area contributed by atoms with Gasteiger partial charge in [-0.05, 0) is 26.3 Å². The maximum Gasteiger partial charge on any atom is 0.316 e. The molecule has 1 aromatic rings. The fraction of sp³-hybridized carbons (Fsp3) is 0.692. The van der Waals surface area contributed by atoms with Gasteiger partial charge in [0.25, 0.3) is 0 Å². The molecule has 1 aromatic heterocycles. The van der Waals surface area contributed by atoms with Crippen LogP contribution in [0.1, 0.15) is 19.4 Å². The number of hydrogen-bond donors (Lipinski definition) is 1. The van der Waals surface area contributed by atoms with Crippen LogP contribution in [0.15, 0.2) is 12.4 Å². The van der Waals surface area contributed by atoms with Crippen molar-refractivity contribution in [1.29, 1.82) is 0 Å². The third-order valence-corrected chi connectivity index (χ3v) is 4.32. The van der Waals surface area contributed by atoms with Crippen molar-refractivity contribution in [3.05, 3.63) is 18.0 Å². The van der Waals surface area contributed by atoms with Gasteiger partial charge in [-0.2, -0.15) is 0 Å². The van der Waals surface area contributed by atoms with Gasteiger partial charge >= 0.3 is 6.01 Å². The maximum absolute atomic E-state index is 10.0. The quantitative estimate of drug-likeness (QED) is 0.839. The fourth-order valence-corrected chi connectivity index (χ4v) is 2.66. The van der Waals surface area contributed by atoms with Crippen LogP contribution in [0.3, 0.4) is 0 Å². The van der Waals surface area contributed by atoms with E-state index >= 15 is 0 Å². The molecule has 0 unspecified atom stereocenters. The molecule has 2 aliphatic rings. The second-order valence-electron chi connectivity index (χ2n) is 5.50. The Morgan fingerprint density at radius 2 is 1.84 bits per heavy atom. The van der Waals surface area contributed by atoms with Gasteiger partial charge in [0, 0.05) is 12.4 Å². The second-order valence-corrected chi connectivity index (χ2v) is 5.50. The number of rotatable bonds is 2. The molecule has 2 aliphatic heterocycles. The van der Waals surface area contributed by atoms with Crippen molar-refractivity contribution >= 4 is 0 Å². The molecule has 6 heteroatoms. The standard InChI is InChI=1S/C13H18N2O4/c1-8-4-14-11(15-5-8)19-10-7-18-12(2)9(16)6-17-13(10,12)3/h4-5,9-10,16H,6-7H2,1-3H3/t9-,10-,12-,13-/m1/s1. The molecule has 4 atom stereocenters. The van der Waals surface area contributed by atoms with Crippen LogP contribution in [0.2, 0.25) is 0 Å². The minimum Gasteiger partial charge on any atom is -0.454 e. The molecule has 104 valence electrons. The summed E-state index contributed by atoms with van der Waals surface area (Å²) in [5.74, 6) is 0. The summed E-state index contributed by atoms with van der Waals surface area (Å²) in [7, 11) is 0. The van der Waals surface area contributed by atoms with Crippen LogP contribution in [-0.2, 0) is 9.47 Å². The molecule has 2 saturated heterocycles. The molecule has 19 heavy (non-hydrogen) atoms. The Labute approximate surface area is 111 Å². The molecule has 6 nitrogen and oxygen atoms in total. The van der Waals surface area contributed by atoms with E-state index in [9.17, 15) is 5.11 Å². The normalized spacial score (nSPS) is 41.3. The lowest BCUT2D eigenvalue weighted by Crippen LogP contribution is -2.54. The van der Waals surface area contributed by atoms with Crippen LogP contribution < -0.4 is 4.74 Å². The Morgan fingerprint density at radius 1 is 1.21 bits per heavy atom. The Hall–Kier alpha value is -1.24. The Balaban J connectivity index is 1.82. The molecule has 0 spiro atoms. The largest absolute Gasteiger partial charge is 0.454 e. The fourth-order valence-electron chi connectivity index (χ4n) is 2.66. The van der Waals surface area contributed by atoms with Crippen LogP contribution in [0, 0.1) is 6.92 Å². The minimum atomic E-state index is -0.748. The van der Waals surface area contributed by atoms with Crippen molar-refractivity contribution in [3.63, 3.8) is 0 Å². The molecule has 1 N–H and O–H groups in total. The number of hydrogen-bond acceptors (Lipinski definition) is 6. The van der Waals surface area contributed by atoms with Gasteiger partial charge in [0.15, 0.2) is 6.10 Å². The van der Waals surface area contributed by atoms with E-state index < -0.39 is 17.3 Å². The molecule has 3 heterocycles. The van der Waals surface area contributed by atoms with Gasteiger partial charge in [0.1, 0.15) is 17.3 Å². The van der Waals surface area contributed by atoms with E-state index in [1.54, 1.807) is 12.4 Å². The van der Waals surface area contributed by atoms with Gasteiger partial charge < -0.3 is 19.3 Å². The number of nitrogens with zero attached hydrogens (tertiary/aromatic N) is 2. The predicted octanol–water partition coefficient (Wildman–Crippen LogP) is 0.471. The summed E-state index contributed by atoms with van der Waals surface area (Å²) in [4.78, 5) is 8.24. The van der Waals surface area contributed by atoms with Gasteiger partial charge in [-0.3, -0.25) is 0 Å². The van der Waals surface area contributed by atoms with Crippen molar-refractivity contribution in [3.8, 4) is 6.01 Å². The van der Waals surface area contributed by atoms with Gasteiger partial charge in [-0.25, -0.2) is 9.97 Å². The number of aliphatic hydroxyl groups excluding tert-OH is 1. The first-order valence-corrected chi connectivity index (χ1v) is 6.37. The molecule has 0 radical (unpaired) electrons. The first kappa shape index (κ1) is 12.8. The molecule has 0 bridgehead atoms. The number of fused-ring (bicyclic) bond motifs is 1. The zero-order valence-corrected chi connectivity index (χ0v) is 11.3. The number of ether oxygens (including phenoxy) is 3. The first-order valence-electron chi connectivity index (χ1n) is 6.37. The third-order valence-electron chi connectivity index (χ3n) is 4.32. The molecule has 2 fully saturated rings. The van der Waals surface area contributed by atoms with Crippen molar-refractivity contribution < 1.29 is 19.3 Å². The van der Waals surface area contributed by atoms with E-state index in [4.69, 9.17) is 14.2 Å². The van der Waals surface area contributed by atoms with Gasteiger partial charge in [0.05, 0.1) is 13.2 Å². The molecule has 3 rings (SSSR count). The smallest absolute Gasteiger partial charge is 0.316 e. The summed E-state index contributed by atoms with van der Waals surface area (Å²) in [6, 6.07) is 0.301. The lowest BCUT2D eigenvalue weighted by molar-refractivity contribution is -0.104. The molecule has 0 aliphatic carbocycles. The van der Waals surface area contributed by atoms with Crippen LogP contribution in [-0.4, -0.2) is 51.7 Å². The Kier molecular flexibility index (Phi) is 2.78. The van der Waals surface area contributed by atoms with Crippen LogP contribution in [0.5, 0.6) is 6.01 Å². The van der Waals surface area contributed by atoms with E-state index in [1.807, 2.05) is 20.8 Å². The molecule has 0 saturated carbocycles. The Morgan fingerprint density at radius 3 is 2.53 bits per heavy atom. The minimum absolute atomic E-state index is 0.252. The van der Waals surface area contributed by atoms with Gasteiger partial charge in [-0.15, -0.1) is 0 Å². The summed E-state index contributed by atoms with van der Waals surface area (Å²) in [6.45, 7) is 6.26. The highest BCUT2D eigenvalue weighted by Gasteiger charge is 2.66. The summed E-state index contributed by atoms with van der Waals surface area (Å²) < 4.78 is 17.2. The topological polar surface area (TPSA) is 73.7 Å². The molecule has 0 amide bonds. The molecule has 0 aromatic carbocycles. The zero-order valence-electron chi connectivity index (χ0n) is 11.3. The summed E-state index contributed by atoms with van der Waals surface area (Å²) in [6.07, 6.45) is 2.41. The van der Waals surface area contributed by atoms with Crippen LogP contribution >= 0.6 is 0 Å². The van der Waals surface area contributed by atoms with Crippen LogP contribution in [0.25, 0.3) is 0 Å². The highest BCUT2D eigenvalue weighted by molar-refractivity contribution is 5.16. The van der Waals surface area contributed by atoms with Crippen molar-refractivity contribution in [1.82, 2.24) is 9.97 Å². The van der Waals surface area contributed by atoms with E-state index in [0.29, 0.717) is 12.6 Å². The Bertz CT molecular complexity index is 480. The van der Waals surface area contributed by atoms with Crippen LogP contribution in [0.4, 0.5) is 0 Å². The highest BCUT2D eigenvalue weighted by atomic mass is 16.6. The lowest BCUT2D eigenvalue weighted by Gasteiger charge is -2.35. The predicted molar refractivity (Wildman–Crippen MR) is 65.9 cm³/mol. The van der Waals surface area contributed by atoms with E-state index in [-0.39, 0.29) is 12.7 Å². The monoisotopic (exact) mass is 266 g/mol.